The van der Waals surface area contributed by atoms with Crippen LogP contribution in [-0.4, -0.2) is 15.2 Å². The van der Waals surface area contributed by atoms with Crippen molar-refractivity contribution in [3.8, 4) is 0 Å². The van der Waals surface area contributed by atoms with E-state index in [4.69, 9.17) is 4.42 Å². The standard InChI is InChI=1S/C18H10N2O2S/c21-17(14-10-20-7-8-23-18(20)19-14)16-9-13-12-4-2-1-3-11(12)5-6-15(13)22-16/h1-10H. The quantitative estimate of drug-likeness (QED) is 0.449. The zero-order chi connectivity index (χ0) is 15.4. The van der Waals surface area contributed by atoms with Crippen molar-refractivity contribution in [2.24, 2.45) is 0 Å². The SMILES string of the molecule is O=C(c1cn2ccsc2n1)c1cc2c(ccc3ccccc32)o1. The molecule has 0 bridgehead atoms. The number of rotatable bonds is 2. The highest BCUT2D eigenvalue weighted by Gasteiger charge is 2.19. The molecule has 0 saturated carbocycles. The highest BCUT2D eigenvalue weighted by molar-refractivity contribution is 7.15. The average molecular weight is 318 g/mol. The molecule has 3 aromatic heterocycles. The number of fused-ring (bicyclic) bond motifs is 4. The maximum absolute atomic E-state index is 12.7. The molecule has 0 aliphatic heterocycles. The van der Waals surface area contributed by atoms with Crippen LogP contribution in [0, 0.1) is 0 Å². The van der Waals surface area contributed by atoms with Crippen LogP contribution in [0.3, 0.4) is 0 Å². The van der Waals surface area contributed by atoms with E-state index in [0.717, 1.165) is 21.1 Å². The van der Waals surface area contributed by atoms with Gasteiger partial charge in [0.1, 0.15) is 11.3 Å². The fourth-order valence-electron chi connectivity index (χ4n) is 2.87. The number of carbonyl (C=O) groups is 1. The largest absolute Gasteiger partial charge is 0.452 e. The summed E-state index contributed by atoms with van der Waals surface area (Å²) in [6.07, 6.45) is 3.62. The van der Waals surface area contributed by atoms with E-state index in [1.54, 1.807) is 6.20 Å². The Morgan fingerprint density at radius 3 is 2.96 bits per heavy atom. The summed E-state index contributed by atoms with van der Waals surface area (Å²) >= 11 is 1.50. The number of benzene rings is 2. The first-order valence-electron chi connectivity index (χ1n) is 7.18. The van der Waals surface area contributed by atoms with Gasteiger partial charge in [-0.3, -0.25) is 9.20 Å². The highest BCUT2D eigenvalue weighted by atomic mass is 32.1. The molecule has 3 heterocycles. The van der Waals surface area contributed by atoms with Crippen LogP contribution in [-0.2, 0) is 0 Å². The molecule has 0 amide bonds. The second-order valence-electron chi connectivity index (χ2n) is 5.36. The van der Waals surface area contributed by atoms with Gasteiger partial charge in [-0.05, 0) is 22.9 Å². The van der Waals surface area contributed by atoms with Crippen molar-refractivity contribution < 1.29 is 9.21 Å². The predicted octanol–water partition coefficient (Wildman–Crippen LogP) is 4.53. The molecule has 0 spiro atoms. The van der Waals surface area contributed by atoms with Gasteiger partial charge < -0.3 is 4.42 Å². The van der Waals surface area contributed by atoms with Crippen LogP contribution >= 0.6 is 11.3 Å². The topological polar surface area (TPSA) is 47.5 Å². The molecule has 0 radical (unpaired) electrons. The van der Waals surface area contributed by atoms with Crippen molar-refractivity contribution in [2.45, 2.75) is 0 Å². The minimum absolute atomic E-state index is 0.193. The number of furan rings is 1. The Labute approximate surface area is 134 Å². The van der Waals surface area contributed by atoms with Gasteiger partial charge in [0, 0.05) is 23.2 Å². The molecule has 0 aliphatic carbocycles. The highest BCUT2D eigenvalue weighted by Crippen LogP contribution is 2.29. The summed E-state index contributed by atoms with van der Waals surface area (Å²) in [5.41, 5.74) is 1.12. The molecule has 23 heavy (non-hydrogen) atoms. The molecule has 5 rings (SSSR count). The van der Waals surface area contributed by atoms with E-state index in [0.29, 0.717) is 17.0 Å². The van der Waals surface area contributed by atoms with Crippen LogP contribution in [0.4, 0.5) is 0 Å². The number of nitrogens with zero attached hydrogens (tertiary/aromatic N) is 2. The first kappa shape index (κ1) is 12.6. The second kappa shape index (κ2) is 4.54. The van der Waals surface area contributed by atoms with E-state index in [1.165, 1.54) is 11.3 Å². The molecule has 5 heteroatoms. The molecule has 0 unspecified atom stereocenters. The molecule has 0 N–H and O–H groups in total. The molecule has 2 aromatic carbocycles. The van der Waals surface area contributed by atoms with Gasteiger partial charge in [0.15, 0.2) is 10.7 Å². The number of carbonyl (C=O) groups excluding carboxylic acids is 1. The summed E-state index contributed by atoms with van der Waals surface area (Å²) in [5, 5.41) is 5.09. The Bertz CT molecular complexity index is 1170. The van der Waals surface area contributed by atoms with Crippen LogP contribution in [0.2, 0.25) is 0 Å². The molecule has 5 aromatic rings. The van der Waals surface area contributed by atoms with Crippen LogP contribution in [0.1, 0.15) is 16.2 Å². The first-order chi connectivity index (χ1) is 11.3. The van der Waals surface area contributed by atoms with E-state index >= 15 is 0 Å². The normalized spacial score (nSPS) is 11.7. The molecular formula is C18H10N2O2S. The maximum Gasteiger partial charge on any atom is 0.248 e. The van der Waals surface area contributed by atoms with Crippen molar-refractivity contribution in [2.75, 3.05) is 0 Å². The summed E-state index contributed by atoms with van der Waals surface area (Å²) in [4.78, 5) is 17.8. The lowest BCUT2D eigenvalue weighted by molar-refractivity contribution is 0.101. The number of imidazole rings is 1. The van der Waals surface area contributed by atoms with Crippen molar-refractivity contribution in [1.82, 2.24) is 9.38 Å². The monoisotopic (exact) mass is 318 g/mol. The van der Waals surface area contributed by atoms with Crippen molar-refractivity contribution in [3.63, 3.8) is 0 Å². The second-order valence-corrected chi connectivity index (χ2v) is 6.23. The van der Waals surface area contributed by atoms with Gasteiger partial charge in [-0.1, -0.05) is 30.3 Å². The lowest BCUT2D eigenvalue weighted by Crippen LogP contribution is -1.99. The fourth-order valence-corrected chi connectivity index (χ4v) is 3.57. The number of hydrogen-bond acceptors (Lipinski definition) is 4. The van der Waals surface area contributed by atoms with E-state index < -0.39 is 0 Å². The number of ketones is 1. The van der Waals surface area contributed by atoms with E-state index in [9.17, 15) is 4.79 Å². The molecule has 0 saturated heterocycles. The van der Waals surface area contributed by atoms with Gasteiger partial charge in [0.05, 0.1) is 0 Å². The van der Waals surface area contributed by atoms with Crippen LogP contribution in [0.25, 0.3) is 26.7 Å². The molecule has 4 nitrogen and oxygen atoms in total. The molecule has 110 valence electrons. The van der Waals surface area contributed by atoms with Crippen LogP contribution in [0.5, 0.6) is 0 Å². The average Bonchev–Trinajstić information content (AvgIpc) is 3.27. The molecular weight excluding hydrogens is 308 g/mol. The zero-order valence-electron chi connectivity index (χ0n) is 11.9. The zero-order valence-corrected chi connectivity index (χ0v) is 12.7. The van der Waals surface area contributed by atoms with Gasteiger partial charge in [-0.15, -0.1) is 11.3 Å². The molecule has 0 atom stereocenters. The minimum atomic E-state index is -0.193. The minimum Gasteiger partial charge on any atom is -0.452 e. The van der Waals surface area contributed by atoms with E-state index in [1.807, 2.05) is 58.4 Å². The van der Waals surface area contributed by atoms with E-state index in [-0.39, 0.29) is 5.78 Å². The van der Waals surface area contributed by atoms with Crippen molar-refractivity contribution >= 4 is 43.8 Å². The fraction of sp³-hybridized carbons (Fsp3) is 0. The Hall–Kier alpha value is -2.92. The van der Waals surface area contributed by atoms with Gasteiger partial charge in [-0.25, -0.2) is 4.98 Å². The summed E-state index contributed by atoms with van der Waals surface area (Å²) in [6, 6.07) is 13.8. The summed E-state index contributed by atoms with van der Waals surface area (Å²) in [5.74, 6) is 0.128. The van der Waals surface area contributed by atoms with Gasteiger partial charge in [-0.2, -0.15) is 0 Å². The van der Waals surface area contributed by atoms with Crippen LogP contribution in [0.15, 0.2) is 64.7 Å². The third-order valence-corrected chi connectivity index (χ3v) is 4.75. The molecule has 0 aliphatic rings. The third kappa shape index (κ3) is 1.83. The van der Waals surface area contributed by atoms with Gasteiger partial charge >= 0.3 is 0 Å². The number of hydrogen-bond donors (Lipinski definition) is 0. The van der Waals surface area contributed by atoms with Gasteiger partial charge in [0.25, 0.3) is 0 Å². The van der Waals surface area contributed by atoms with Crippen molar-refractivity contribution in [3.05, 3.63) is 71.7 Å². The van der Waals surface area contributed by atoms with Crippen molar-refractivity contribution in [1.29, 1.82) is 0 Å². The predicted molar refractivity (Wildman–Crippen MR) is 90.2 cm³/mol. The maximum atomic E-state index is 12.7. The Morgan fingerprint density at radius 2 is 2.04 bits per heavy atom. The lowest BCUT2D eigenvalue weighted by Gasteiger charge is -1.96. The lowest BCUT2D eigenvalue weighted by atomic mass is 10.1. The Kier molecular flexibility index (Phi) is 2.49. The first-order valence-corrected chi connectivity index (χ1v) is 8.06. The summed E-state index contributed by atoms with van der Waals surface area (Å²) in [6.45, 7) is 0. The summed E-state index contributed by atoms with van der Waals surface area (Å²) < 4.78 is 7.61. The number of thiazole rings is 1. The summed E-state index contributed by atoms with van der Waals surface area (Å²) in [7, 11) is 0. The van der Waals surface area contributed by atoms with Crippen LogP contribution < -0.4 is 0 Å². The Balaban J connectivity index is 1.68. The van der Waals surface area contributed by atoms with E-state index in [2.05, 4.69) is 4.98 Å². The Morgan fingerprint density at radius 1 is 1.13 bits per heavy atom. The third-order valence-electron chi connectivity index (χ3n) is 3.98. The van der Waals surface area contributed by atoms with Gasteiger partial charge in [0.2, 0.25) is 5.78 Å². The smallest absolute Gasteiger partial charge is 0.248 e. The number of aromatic nitrogens is 2. The molecule has 0 fully saturated rings.